The van der Waals surface area contributed by atoms with E-state index in [1.165, 1.54) is 16.3 Å². The SMILES string of the molecule is CCCCNC(=NCc1cccc2ccccc12)NN. The highest BCUT2D eigenvalue weighted by Gasteiger charge is 2.00. The van der Waals surface area contributed by atoms with Crippen LogP contribution in [0.25, 0.3) is 10.8 Å². The van der Waals surface area contributed by atoms with E-state index in [4.69, 9.17) is 5.84 Å². The van der Waals surface area contributed by atoms with Gasteiger partial charge in [0.2, 0.25) is 5.96 Å². The molecule has 106 valence electrons. The molecule has 0 unspecified atom stereocenters. The third-order valence-corrected chi connectivity index (χ3v) is 3.25. The number of fused-ring (bicyclic) bond motifs is 1. The quantitative estimate of drug-likeness (QED) is 0.257. The number of hydrazine groups is 1. The van der Waals surface area contributed by atoms with Crippen LogP contribution in [0.1, 0.15) is 25.3 Å². The molecule has 0 saturated carbocycles. The van der Waals surface area contributed by atoms with E-state index < -0.39 is 0 Å². The molecule has 2 aromatic carbocycles. The average Bonchev–Trinajstić information content (AvgIpc) is 2.50. The fraction of sp³-hybridized carbons (Fsp3) is 0.312. The Kier molecular flexibility index (Phi) is 5.38. The third kappa shape index (κ3) is 3.71. The van der Waals surface area contributed by atoms with Crippen LogP contribution >= 0.6 is 0 Å². The van der Waals surface area contributed by atoms with Gasteiger partial charge in [0.15, 0.2) is 0 Å². The van der Waals surface area contributed by atoms with E-state index in [1.807, 2.05) is 0 Å². The van der Waals surface area contributed by atoms with Crippen LogP contribution in [0.15, 0.2) is 47.5 Å². The topological polar surface area (TPSA) is 62.4 Å². The van der Waals surface area contributed by atoms with Crippen molar-refractivity contribution >= 4 is 16.7 Å². The fourth-order valence-electron chi connectivity index (χ4n) is 2.13. The van der Waals surface area contributed by atoms with Crippen molar-refractivity contribution < 1.29 is 0 Å². The second-order valence-corrected chi connectivity index (χ2v) is 4.73. The summed E-state index contributed by atoms with van der Waals surface area (Å²) in [5, 5.41) is 5.68. The number of hydrogen-bond donors (Lipinski definition) is 3. The molecule has 4 N–H and O–H groups in total. The summed E-state index contributed by atoms with van der Waals surface area (Å²) < 4.78 is 0. The molecule has 0 heterocycles. The maximum atomic E-state index is 5.49. The zero-order valence-electron chi connectivity index (χ0n) is 11.9. The summed E-state index contributed by atoms with van der Waals surface area (Å²) >= 11 is 0. The van der Waals surface area contributed by atoms with Crippen LogP contribution in [0, 0.1) is 0 Å². The molecule has 0 aliphatic heterocycles. The van der Waals surface area contributed by atoms with Crippen molar-refractivity contribution in [3.05, 3.63) is 48.0 Å². The van der Waals surface area contributed by atoms with E-state index in [-0.39, 0.29) is 0 Å². The Bertz CT molecular complexity index is 572. The molecule has 20 heavy (non-hydrogen) atoms. The van der Waals surface area contributed by atoms with Gasteiger partial charge in [-0.25, -0.2) is 10.8 Å². The smallest absolute Gasteiger partial charge is 0.206 e. The minimum Gasteiger partial charge on any atom is -0.355 e. The number of nitrogens with two attached hydrogens (primary N) is 1. The molecular formula is C16H22N4. The van der Waals surface area contributed by atoms with Gasteiger partial charge >= 0.3 is 0 Å². The Morgan fingerprint density at radius 1 is 1.15 bits per heavy atom. The first-order chi connectivity index (χ1) is 9.85. The molecule has 2 rings (SSSR count). The van der Waals surface area contributed by atoms with Crippen molar-refractivity contribution in [1.82, 2.24) is 10.7 Å². The summed E-state index contributed by atoms with van der Waals surface area (Å²) in [4.78, 5) is 4.50. The highest BCUT2D eigenvalue weighted by atomic mass is 15.3. The van der Waals surface area contributed by atoms with E-state index in [1.54, 1.807) is 0 Å². The van der Waals surface area contributed by atoms with Crippen molar-refractivity contribution in [1.29, 1.82) is 0 Å². The lowest BCUT2D eigenvalue weighted by Crippen LogP contribution is -2.41. The summed E-state index contributed by atoms with van der Waals surface area (Å²) in [6.07, 6.45) is 2.25. The molecule has 0 aromatic heterocycles. The summed E-state index contributed by atoms with van der Waals surface area (Å²) in [5.74, 6) is 6.13. The average molecular weight is 270 g/mol. The van der Waals surface area contributed by atoms with Crippen molar-refractivity contribution in [3.8, 4) is 0 Å². The van der Waals surface area contributed by atoms with Crippen LogP contribution in [-0.4, -0.2) is 12.5 Å². The van der Waals surface area contributed by atoms with Crippen LogP contribution < -0.4 is 16.6 Å². The summed E-state index contributed by atoms with van der Waals surface area (Å²) in [6, 6.07) is 14.6. The molecule has 0 atom stereocenters. The third-order valence-electron chi connectivity index (χ3n) is 3.25. The highest BCUT2D eigenvalue weighted by molar-refractivity contribution is 5.86. The van der Waals surface area contributed by atoms with Crippen molar-refractivity contribution in [2.45, 2.75) is 26.3 Å². The highest BCUT2D eigenvalue weighted by Crippen LogP contribution is 2.18. The van der Waals surface area contributed by atoms with Gasteiger partial charge in [-0.15, -0.1) is 0 Å². The number of benzene rings is 2. The van der Waals surface area contributed by atoms with Crippen LogP contribution in [0.5, 0.6) is 0 Å². The van der Waals surface area contributed by atoms with E-state index in [0.29, 0.717) is 12.5 Å². The van der Waals surface area contributed by atoms with Crippen LogP contribution in [0.3, 0.4) is 0 Å². The number of aliphatic imine (C=N–C) groups is 1. The van der Waals surface area contributed by atoms with Crippen molar-refractivity contribution in [3.63, 3.8) is 0 Å². The van der Waals surface area contributed by atoms with E-state index in [9.17, 15) is 0 Å². The van der Waals surface area contributed by atoms with Crippen molar-refractivity contribution in [2.75, 3.05) is 6.54 Å². The van der Waals surface area contributed by atoms with Crippen LogP contribution in [-0.2, 0) is 6.54 Å². The molecule has 0 fully saturated rings. The zero-order chi connectivity index (χ0) is 14.2. The molecule has 0 spiro atoms. The van der Waals surface area contributed by atoms with Gasteiger partial charge in [0.25, 0.3) is 0 Å². The Hall–Kier alpha value is -2.07. The molecule has 0 aliphatic rings. The maximum Gasteiger partial charge on any atom is 0.206 e. The van der Waals surface area contributed by atoms with Gasteiger partial charge in [-0.3, -0.25) is 5.43 Å². The van der Waals surface area contributed by atoms with Gasteiger partial charge in [0, 0.05) is 6.54 Å². The predicted octanol–water partition coefficient (Wildman–Crippen LogP) is 2.55. The van der Waals surface area contributed by atoms with E-state index in [2.05, 4.69) is 65.1 Å². The van der Waals surface area contributed by atoms with Crippen LogP contribution in [0.2, 0.25) is 0 Å². The molecule has 0 bridgehead atoms. The Labute approximate surface area is 120 Å². The van der Waals surface area contributed by atoms with Gasteiger partial charge in [0.1, 0.15) is 0 Å². The first-order valence-electron chi connectivity index (χ1n) is 7.06. The monoisotopic (exact) mass is 270 g/mol. The molecule has 0 saturated heterocycles. The molecule has 2 aromatic rings. The minimum absolute atomic E-state index is 0.611. The van der Waals surface area contributed by atoms with Crippen molar-refractivity contribution in [2.24, 2.45) is 10.8 Å². The largest absolute Gasteiger partial charge is 0.355 e. The Morgan fingerprint density at radius 3 is 2.75 bits per heavy atom. The normalized spacial score (nSPS) is 11.6. The molecular weight excluding hydrogens is 248 g/mol. The molecule has 0 aliphatic carbocycles. The van der Waals surface area contributed by atoms with E-state index in [0.717, 1.165) is 19.4 Å². The van der Waals surface area contributed by atoms with Gasteiger partial charge < -0.3 is 5.32 Å². The summed E-state index contributed by atoms with van der Waals surface area (Å²) in [6.45, 7) is 3.65. The lowest BCUT2D eigenvalue weighted by molar-refractivity contribution is 0.732. The number of nitrogens with zero attached hydrogens (tertiary/aromatic N) is 1. The second kappa shape index (κ2) is 7.50. The lowest BCUT2D eigenvalue weighted by Gasteiger charge is -2.09. The second-order valence-electron chi connectivity index (χ2n) is 4.73. The predicted molar refractivity (Wildman–Crippen MR) is 85.3 cm³/mol. The minimum atomic E-state index is 0.611. The lowest BCUT2D eigenvalue weighted by atomic mass is 10.1. The fourth-order valence-corrected chi connectivity index (χ4v) is 2.13. The molecule has 4 nitrogen and oxygen atoms in total. The Balaban J connectivity index is 2.10. The molecule has 4 heteroatoms. The van der Waals surface area contributed by atoms with E-state index >= 15 is 0 Å². The number of guanidine groups is 1. The summed E-state index contributed by atoms with van der Waals surface area (Å²) in [5.41, 5.74) is 3.82. The molecule has 0 amide bonds. The standard InChI is InChI=1S/C16H22N4/c1-2-3-11-18-16(20-17)19-12-14-9-6-8-13-7-4-5-10-15(13)14/h4-10H,2-3,11-12,17H2,1H3,(H2,18,19,20). The number of unbranched alkanes of at least 4 members (excludes halogenated alkanes) is 1. The number of rotatable bonds is 5. The van der Waals surface area contributed by atoms with Gasteiger partial charge in [-0.1, -0.05) is 55.8 Å². The van der Waals surface area contributed by atoms with Gasteiger partial charge in [-0.05, 0) is 22.8 Å². The maximum absolute atomic E-state index is 5.49. The number of hydrogen-bond acceptors (Lipinski definition) is 2. The zero-order valence-corrected chi connectivity index (χ0v) is 11.9. The van der Waals surface area contributed by atoms with Gasteiger partial charge in [-0.2, -0.15) is 0 Å². The molecule has 0 radical (unpaired) electrons. The first-order valence-corrected chi connectivity index (χ1v) is 7.06. The number of nitrogens with one attached hydrogen (secondary N) is 2. The first kappa shape index (κ1) is 14.3. The van der Waals surface area contributed by atoms with Crippen LogP contribution in [0.4, 0.5) is 0 Å². The Morgan fingerprint density at radius 2 is 1.95 bits per heavy atom. The van der Waals surface area contributed by atoms with Gasteiger partial charge in [0.05, 0.1) is 6.54 Å². The summed E-state index contributed by atoms with van der Waals surface area (Å²) in [7, 11) is 0.